The van der Waals surface area contributed by atoms with Gasteiger partial charge in [0.2, 0.25) is 0 Å². The smallest absolute Gasteiger partial charge is 0.279 e. The van der Waals surface area contributed by atoms with Gasteiger partial charge in [0.1, 0.15) is 5.75 Å². The van der Waals surface area contributed by atoms with Gasteiger partial charge in [0.15, 0.2) is 6.54 Å². The molecule has 31 heavy (non-hydrogen) atoms. The normalized spacial score (nSPS) is 14.9. The van der Waals surface area contributed by atoms with Gasteiger partial charge in [0.05, 0.1) is 38.5 Å². The highest BCUT2D eigenvalue weighted by atomic mass is 16.5. The van der Waals surface area contributed by atoms with Crippen LogP contribution in [0.4, 0.5) is 11.4 Å². The number of hydrogen-bond acceptors (Lipinski definition) is 3. The highest BCUT2D eigenvalue weighted by molar-refractivity contribution is 5.93. The van der Waals surface area contributed by atoms with Gasteiger partial charge in [-0.05, 0) is 42.0 Å². The molecule has 1 saturated heterocycles. The number of nitrogens with zero attached hydrogens (tertiary/aromatic N) is 1. The molecule has 0 aliphatic carbocycles. The summed E-state index contributed by atoms with van der Waals surface area (Å²) in [5.41, 5.74) is 4.60. The van der Waals surface area contributed by atoms with Crippen molar-refractivity contribution in [2.45, 2.75) is 46.5 Å². The minimum absolute atomic E-state index is 0.105. The number of benzene rings is 2. The van der Waals surface area contributed by atoms with E-state index >= 15 is 0 Å². The summed E-state index contributed by atoms with van der Waals surface area (Å²) in [6.07, 6.45) is 0. The maximum Gasteiger partial charge on any atom is 0.279 e. The monoisotopic (exact) mass is 424 g/mol. The lowest BCUT2D eigenvalue weighted by atomic mass is 9.92. The molecule has 0 bridgehead atoms. The van der Waals surface area contributed by atoms with Crippen molar-refractivity contribution >= 4 is 17.3 Å². The number of rotatable bonds is 8. The first-order valence-electron chi connectivity index (χ1n) is 11.6. The van der Waals surface area contributed by atoms with Crippen LogP contribution in [0.25, 0.3) is 0 Å². The first-order chi connectivity index (χ1) is 14.9. The predicted octanol–water partition coefficient (Wildman–Crippen LogP) is 3.68. The van der Waals surface area contributed by atoms with Gasteiger partial charge in [0, 0.05) is 5.69 Å². The zero-order valence-electron chi connectivity index (χ0n) is 19.7. The number of quaternary nitrogens is 1. The van der Waals surface area contributed by atoms with Crippen LogP contribution >= 0.6 is 0 Å². The lowest BCUT2D eigenvalue weighted by Crippen LogP contribution is -3.15. The van der Waals surface area contributed by atoms with E-state index in [2.05, 4.69) is 68.2 Å². The Balaban J connectivity index is 1.62. The number of hydrogen-bond donors (Lipinski definition) is 2. The first-order valence-corrected chi connectivity index (χ1v) is 11.6. The highest BCUT2D eigenvalue weighted by Crippen LogP contribution is 2.32. The molecule has 1 aliphatic rings. The molecule has 5 heteroatoms. The van der Waals surface area contributed by atoms with Gasteiger partial charge in [0.25, 0.3) is 5.91 Å². The van der Waals surface area contributed by atoms with Crippen LogP contribution < -0.4 is 19.9 Å². The minimum atomic E-state index is 0.105. The van der Waals surface area contributed by atoms with Crippen LogP contribution in [0.15, 0.2) is 42.5 Å². The first kappa shape index (κ1) is 23.1. The number of para-hydroxylation sites is 3. The predicted molar refractivity (Wildman–Crippen MR) is 129 cm³/mol. The van der Waals surface area contributed by atoms with E-state index in [0.29, 0.717) is 25.0 Å². The van der Waals surface area contributed by atoms with Gasteiger partial charge in [-0.25, -0.2) is 0 Å². The number of carbonyl (C=O) groups excluding carboxylic acids is 1. The molecule has 0 saturated carbocycles. The molecule has 2 N–H and O–H groups in total. The van der Waals surface area contributed by atoms with E-state index in [1.54, 1.807) is 0 Å². The van der Waals surface area contributed by atoms with Crippen molar-refractivity contribution in [3.05, 3.63) is 53.6 Å². The SMILES string of the molecule is CCOc1ccccc1N1CC[NH+](CC(=O)Nc2c(C(C)C)cccc2C(C)C)CC1. The molecule has 0 aromatic heterocycles. The quantitative estimate of drug-likeness (QED) is 0.680. The topological polar surface area (TPSA) is 46.0 Å². The van der Waals surface area contributed by atoms with Crippen LogP contribution in [-0.2, 0) is 4.79 Å². The third kappa shape index (κ3) is 5.79. The lowest BCUT2D eigenvalue weighted by Gasteiger charge is -2.34. The number of carbonyl (C=O) groups is 1. The van der Waals surface area contributed by atoms with Crippen molar-refractivity contribution < 1.29 is 14.4 Å². The summed E-state index contributed by atoms with van der Waals surface area (Å²) in [5, 5.41) is 3.26. The second kappa shape index (κ2) is 10.7. The summed E-state index contributed by atoms with van der Waals surface area (Å²) in [5.74, 6) is 1.79. The maximum absolute atomic E-state index is 13.0. The van der Waals surface area contributed by atoms with Crippen molar-refractivity contribution in [1.82, 2.24) is 0 Å². The van der Waals surface area contributed by atoms with Gasteiger partial charge in [-0.15, -0.1) is 0 Å². The van der Waals surface area contributed by atoms with Crippen LogP contribution in [0, 0.1) is 0 Å². The van der Waals surface area contributed by atoms with Crippen molar-refractivity contribution in [3.63, 3.8) is 0 Å². The number of anilines is 2. The molecule has 0 radical (unpaired) electrons. The van der Waals surface area contributed by atoms with Crippen LogP contribution in [0.1, 0.15) is 57.6 Å². The number of piperazine rings is 1. The molecular weight excluding hydrogens is 386 g/mol. The Labute approximate surface area is 187 Å². The maximum atomic E-state index is 13.0. The van der Waals surface area contributed by atoms with Gasteiger partial charge >= 0.3 is 0 Å². The lowest BCUT2D eigenvalue weighted by molar-refractivity contribution is -0.892. The second-order valence-corrected chi connectivity index (χ2v) is 8.98. The van der Waals surface area contributed by atoms with Crippen LogP contribution in [-0.4, -0.2) is 45.2 Å². The van der Waals surface area contributed by atoms with E-state index in [1.165, 1.54) is 16.0 Å². The molecule has 168 valence electrons. The van der Waals surface area contributed by atoms with Gasteiger partial charge in [-0.1, -0.05) is 58.0 Å². The number of amides is 1. The largest absolute Gasteiger partial charge is 0.492 e. The summed E-state index contributed by atoms with van der Waals surface area (Å²) in [6, 6.07) is 14.6. The molecule has 5 nitrogen and oxygen atoms in total. The van der Waals surface area contributed by atoms with Gasteiger partial charge in [-0.3, -0.25) is 4.79 Å². The Kier molecular flexibility index (Phi) is 7.97. The van der Waals surface area contributed by atoms with Crippen LogP contribution in [0.2, 0.25) is 0 Å². The molecule has 0 unspecified atom stereocenters. The molecule has 1 amide bonds. The third-order valence-corrected chi connectivity index (χ3v) is 6.02. The molecule has 1 heterocycles. The average molecular weight is 425 g/mol. The Hall–Kier alpha value is -2.53. The van der Waals surface area contributed by atoms with Crippen LogP contribution in [0.5, 0.6) is 5.75 Å². The average Bonchev–Trinajstić information content (AvgIpc) is 2.75. The summed E-state index contributed by atoms with van der Waals surface area (Å²) in [4.78, 5) is 16.7. The fraction of sp³-hybridized carbons (Fsp3) is 0.500. The van der Waals surface area contributed by atoms with Gasteiger partial charge in [-0.2, -0.15) is 0 Å². The molecule has 1 aliphatic heterocycles. The molecule has 1 fully saturated rings. The Morgan fingerprint density at radius 3 is 2.19 bits per heavy atom. The van der Waals surface area contributed by atoms with Crippen molar-refractivity contribution in [2.24, 2.45) is 0 Å². The number of ether oxygens (including phenoxy) is 1. The molecule has 0 spiro atoms. The Morgan fingerprint density at radius 2 is 1.61 bits per heavy atom. The van der Waals surface area contributed by atoms with E-state index in [9.17, 15) is 4.79 Å². The zero-order chi connectivity index (χ0) is 22.4. The molecule has 2 aromatic carbocycles. The highest BCUT2D eigenvalue weighted by Gasteiger charge is 2.25. The summed E-state index contributed by atoms with van der Waals surface area (Å²) in [6.45, 7) is 15.6. The zero-order valence-corrected chi connectivity index (χ0v) is 19.7. The second-order valence-electron chi connectivity index (χ2n) is 8.98. The van der Waals surface area contributed by atoms with Crippen molar-refractivity contribution in [2.75, 3.05) is 49.5 Å². The summed E-state index contributed by atoms with van der Waals surface area (Å²) >= 11 is 0. The standard InChI is InChI=1S/C26H37N3O2/c1-6-31-24-13-8-7-12-23(24)29-16-14-28(15-17-29)18-25(30)27-26-21(19(2)3)10-9-11-22(26)20(4)5/h7-13,19-20H,6,14-18H2,1-5H3,(H,27,30)/p+1. The molecular formula is C26H38N3O2+. The van der Waals surface area contributed by atoms with E-state index in [1.807, 2.05) is 19.1 Å². The van der Waals surface area contributed by atoms with Crippen molar-refractivity contribution in [1.29, 1.82) is 0 Å². The third-order valence-electron chi connectivity index (χ3n) is 6.02. The van der Waals surface area contributed by atoms with Crippen LogP contribution in [0.3, 0.4) is 0 Å². The van der Waals surface area contributed by atoms with Gasteiger partial charge < -0.3 is 19.9 Å². The Bertz CT molecular complexity index is 844. The van der Waals surface area contributed by atoms with E-state index in [4.69, 9.17) is 4.74 Å². The van der Waals surface area contributed by atoms with E-state index < -0.39 is 0 Å². The molecule has 3 rings (SSSR count). The Morgan fingerprint density at radius 1 is 1.00 bits per heavy atom. The summed E-state index contributed by atoms with van der Waals surface area (Å²) < 4.78 is 5.80. The fourth-order valence-corrected chi connectivity index (χ4v) is 4.34. The molecule has 0 atom stereocenters. The molecule has 2 aromatic rings. The number of nitrogens with one attached hydrogen (secondary N) is 2. The van der Waals surface area contributed by atoms with Crippen molar-refractivity contribution in [3.8, 4) is 5.75 Å². The fourth-order valence-electron chi connectivity index (χ4n) is 4.34. The minimum Gasteiger partial charge on any atom is -0.492 e. The van der Waals surface area contributed by atoms with E-state index in [-0.39, 0.29) is 5.91 Å². The van der Waals surface area contributed by atoms with E-state index in [0.717, 1.165) is 43.3 Å². The summed E-state index contributed by atoms with van der Waals surface area (Å²) in [7, 11) is 0.